The molecule has 2 nitrogen and oxygen atoms in total. The molecule has 2 rings (SSSR count). The molecule has 1 aliphatic heterocycles. The zero-order valence-corrected chi connectivity index (χ0v) is 9.25. The summed E-state index contributed by atoms with van der Waals surface area (Å²) < 4.78 is 0. The highest BCUT2D eigenvalue weighted by atomic mass is 15.2. The zero-order chi connectivity index (χ0) is 9.80. The number of hydrogen-bond donors (Lipinski definition) is 1. The summed E-state index contributed by atoms with van der Waals surface area (Å²) >= 11 is 0. The number of nitrogens with two attached hydrogens (primary N) is 1. The maximum absolute atomic E-state index is 5.88. The van der Waals surface area contributed by atoms with E-state index < -0.39 is 0 Å². The largest absolute Gasteiger partial charge is 0.326 e. The Hall–Kier alpha value is -0.0800. The quantitative estimate of drug-likeness (QED) is 0.745. The Labute approximate surface area is 87.8 Å². The van der Waals surface area contributed by atoms with Gasteiger partial charge in [0.2, 0.25) is 0 Å². The maximum Gasteiger partial charge on any atom is 0.0180 e. The summed E-state index contributed by atoms with van der Waals surface area (Å²) in [5.74, 6) is 1.06. The molecule has 1 aliphatic carbocycles. The first kappa shape index (κ1) is 10.4. The van der Waals surface area contributed by atoms with Crippen molar-refractivity contribution in [1.82, 2.24) is 4.90 Å². The summed E-state index contributed by atoms with van der Waals surface area (Å²) in [6, 6.07) is 0.460. The van der Waals surface area contributed by atoms with Crippen LogP contribution < -0.4 is 5.73 Å². The van der Waals surface area contributed by atoms with Crippen LogP contribution in [0.25, 0.3) is 0 Å². The van der Waals surface area contributed by atoms with E-state index in [0.29, 0.717) is 6.04 Å². The molecule has 1 atom stereocenters. The summed E-state index contributed by atoms with van der Waals surface area (Å²) in [5.41, 5.74) is 5.88. The fourth-order valence-corrected chi connectivity index (χ4v) is 2.97. The van der Waals surface area contributed by atoms with E-state index in [9.17, 15) is 0 Å². The van der Waals surface area contributed by atoms with Gasteiger partial charge in [-0.1, -0.05) is 25.7 Å². The smallest absolute Gasteiger partial charge is 0.0180 e. The van der Waals surface area contributed by atoms with Gasteiger partial charge >= 0.3 is 0 Å². The van der Waals surface area contributed by atoms with Crippen LogP contribution in [0.3, 0.4) is 0 Å². The molecule has 0 aromatic rings. The molecule has 82 valence electrons. The molecule has 0 bridgehead atoms. The van der Waals surface area contributed by atoms with Crippen LogP contribution in [0.15, 0.2) is 0 Å². The van der Waals surface area contributed by atoms with Crippen LogP contribution in [0.1, 0.15) is 44.9 Å². The minimum Gasteiger partial charge on any atom is -0.326 e. The molecule has 2 heteroatoms. The van der Waals surface area contributed by atoms with Gasteiger partial charge in [0.1, 0.15) is 0 Å². The summed E-state index contributed by atoms with van der Waals surface area (Å²) in [5, 5.41) is 0. The van der Waals surface area contributed by atoms with E-state index in [2.05, 4.69) is 4.90 Å². The van der Waals surface area contributed by atoms with Gasteiger partial charge < -0.3 is 10.6 Å². The lowest BCUT2D eigenvalue weighted by atomic mass is 10.0. The van der Waals surface area contributed by atoms with Gasteiger partial charge in [-0.05, 0) is 38.3 Å². The second kappa shape index (κ2) is 5.13. The Kier molecular flexibility index (Phi) is 3.82. The van der Waals surface area contributed by atoms with Crippen molar-refractivity contribution in [2.75, 3.05) is 19.6 Å². The van der Waals surface area contributed by atoms with E-state index in [1.807, 2.05) is 0 Å². The molecule has 0 radical (unpaired) electrons. The van der Waals surface area contributed by atoms with Gasteiger partial charge in [-0.15, -0.1) is 0 Å². The van der Waals surface area contributed by atoms with Crippen LogP contribution in [0, 0.1) is 5.92 Å². The lowest BCUT2D eigenvalue weighted by Crippen LogP contribution is -2.27. The summed E-state index contributed by atoms with van der Waals surface area (Å²) in [7, 11) is 0. The van der Waals surface area contributed by atoms with Crippen molar-refractivity contribution in [2.24, 2.45) is 11.7 Å². The van der Waals surface area contributed by atoms with Crippen molar-refractivity contribution in [2.45, 2.75) is 51.0 Å². The highest BCUT2D eigenvalue weighted by Gasteiger charge is 2.19. The molecule has 2 aliphatic rings. The van der Waals surface area contributed by atoms with E-state index in [0.717, 1.165) is 12.5 Å². The van der Waals surface area contributed by atoms with E-state index in [1.54, 1.807) is 0 Å². The Morgan fingerprint density at radius 1 is 1.14 bits per heavy atom. The second-order valence-corrected chi connectivity index (χ2v) is 5.14. The van der Waals surface area contributed by atoms with Gasteiger partial charge in [-0.3, -0.25) is 0 Å². The topological polar surface area (TPSA) is 29.3 Å². The molecule has 1 saturated carbocycles. The van der Waals surface area contributed by atoms with Crippen LogP contribution in [0.4, 0.5) is 0 Å². The van der Waals surface area contributed by atoms with Gasteiger partial charge in [0.15, 0.2) is 0 Å². The van der Waals surface area contributed by atoms with Crippen molar-refractivity contribution in [1.29, 1.82) is 0 Å². The van der Waals surface area contributed by atoms with E-state index >= 15 is 0 Å². The Morgan fingerprint density at radius 2 is 1.93 bits per heavy atom. The first-order valence-electron chi connectivity index (χ1n) is 6.32. The van der Waals surface area contributed by atoms with Gasteiger partial charge in [0, 0.05) is 12.6 Å². The first-order chi connectivity index (χ1) is 6.84. The number of likely N-dealkylation sites (tertiary alicyclic amines) is 1. The average molecular weight is 196 g/mol. The van der Waals surface area contributed by atoms with Gasteiger partial charge in [-0.25, -0.2) is 0 Å². The van der Waals surface area contributed by atoms with Crippen molar-refractivity contribution in [3.63, 3.8) is 0 Å². The molecule has 0 amide bonds. The molecule has 2 N–H and O–H groups in total. The third-order valence-electron chi connectivity index (χ3n) is 3.87. The average Bonchev–Trinajstić information content (AvgIpc) is 2.77. The minimum atomic E-state index is 0.460. The van der Waals surface area contributed by atoms with Crippen LogP contribution >= 0.6 is 0 Å². The van der Waals surface area contributed by atoms with Crippen LogP contribution in [0.5, 0.6) is 0 Å². The monoisotopic (exact) mass is 196 g/mol. The molecule has 1 saturated heterocycles. The molecule has 0 spiro atoms. The van der Waals surface area contributed by atoms with E-state index in [1.165, 1.54) is 58.0 Å². The highest BCUT2D eigenvalue weighted by molar-refractivity contribution is 4.78. The number of nitrogens with zero attached hydrogens (tertiary/aromatic N) is 1. The fraction of sp³-hybridized carbons (Fsp3) is 1.00. The van der Waals surface area contributed by atoms with Gasteiger partial charge in [-0.2, -0.15) is 0 Å². The van der Waals surface area contributed by atoms with E-state index in [4.69, 9.17) is 5.73 Å². The van der Waals surface area contributed by atoms with Crippen molar-refractivity contribution in [3.05, 3.63) is 0 Å². The zero-order valence-electron chi connectivity index (χ0n) is 9.25. The SMILES string of the molecule is NC1CCN(CCCC2CCCC2)C1. The number of hydrogen-bond acceptors (Lipinski definition) is 2. The maximum atomic E-state index is 5.88. The third-order valence-corrected chi connectivity index (χ3v) is 3.87. The van der Waals surface area contributed by atoms with Gasteiger partial charge in [0.25, 0.3) is 0 Å². The van der Waals surface area contributed by atoms with Crippen LogP contribution in [-0.2, 0) is 0 Å². The lowest BCUT2D eigenvalue weighted by Gasteiger charge is -2.16. The molecule has 0 aromatic carbocycles. The fourth-order valence-electron chi connectivity index (χ4n) is 2.97. The van der Waals surface area contributed by atoms with Crippen LogP contribution in [-0.4, -0.2) is 30.6 Å². The minimum absolute atomic E-state index is 0.460. The summed E-state index contributed by atoms with van der Waals surface area (Å²) in [4.78, 5) is 2.54. The predicted molar refractivity (Wildman–Crippen MR) is 60.2 cm³/mol. The normalized spacial score (nSPS) is 30.2. The molecule has 1 heterocycles. The lowest BCUT2D eigenvalue weighted by molar-refractivity contribution is 0.312. The van der Waals surface area contributed by atoms with E-state index in [-0.39, 0.29) is 0 Å². The van der Waals surface area contributed by atoms with Crippen molar-refractivity contribution < 1.29 is 0 Å². The Bertz CT molecular complexity index is 164. The first-order valence-corrected chi connectivity index (χ1v) is 6.32. The van der Waals surface area contributed by atoms with Crippen molar-refractivity contribution >= 4 is 0 Å². The molecule has 14 heavy (non-hydrogen) atoms. The second-order valence-electron chi connectivity index (χ2n) is 5.14. The Morgan fingerprint density at radius 3 is 2.57 bits per heavy atom. The molecule has 1 unspecified atom stereocenters. The molecular weight excluding hydrogens is 172 g/mol. The predicted octanol–water partition coefficient (Wildman–Crippen LogP) is 1.99. The Balaban J connectivity index is 1.54. The van der Waals surface area contributed by atoms with Gasteiger partial charge in [0.05, 0.1) is 0 Å². The van der Waals surface area contributed by atoms with Crippen LogP contribution in [0.2, 0.25) is 0 Å². The molecule has 0 aromatic heterocycles. The standard InChI is InChI=1S/C12H24N2/c13-12-7-9-14(10-12)8-3-6-11-4-1-2-5-11/h11-12H,1-10,13H2. The van der Waals surface area contributed by atoms with Crippen molar-refractivity contribution in [3.8, 4) is 0 Å². The number of rotatable bonds is 4. The summed E-state index contributed by atoms with van der Waals surface area (Å²) in [6.45, 7) is 3.68. The molecular formula is C12H24N2. The summed E-state index contributed by atoms with van der Waals surface area (Å²) in [6.07, 6.45) is 10.0. The molecule has 2 fully saturated rings. The highest BCUT2D eigenvalue weighted by Crippen LogP contribution is 2.28. The third kappa shape index (κ3) is 2.96.